The quantitative estimate of drug-likeness (QED) is 0.680. The second kappa shape index (κ2) is 7.22. The van der Waals surface area contributed by atoms with Crippen molar-refractivity contribution in [1.29, 1.82) is 0 Å². The van der Waals surface area contributed by atoms with E-state index in [4.69, 9.17) is 4.42 Å². The molecule has 8 heteroatoms. The minimum Gasteiger partial charge on any atom is -0.465 e. The molecule has 0 aliphatic heterocycles. The molecule has 3 aromatic rings. The Balaban J connectivity index is 1.71. The van der Waals surface area contributed by atoms with Gasteiger partial charge < -0.3 is 9.73 Å². The third kappa shape index (κ3) is 3.77. The van der Waals surface area contributed by atoms with E-state index in [-0.39, 0.29) is 11.9 Å². The van der Waals surface area contributed by atoms with E-state index in [1.165, 1.54) is 6.08 Å². The number of nitrogens with zero attached hydrogens (tertiary/aromatic N) is 4. The van der Waals surface area contributed by atoms with Gasteiger partial charge in [-0.3, -0.25) is 4.79 Å². The number of hydrogen-bond donors (Lipinski definition) is 1. The predicted molar refractivity (Wildman–Crippen MR) is 91.2 cm³/mol. The summed E-state index contributed by atoms with van der Waals surface area (Å²) in [6, 6.07) is 10.7. The fourth-order valence-corrected chi connectivity index (χ4v) is 2.36. The number of rotatable bonds is 5. The second-order valence-corrected chi connectivity index (χ2v) is 5.92. The molecule has 1 aromatic carbocycles. The van der Waals surface area contributed by atoms with Crippen molar-refractivity contribution in [3.05, 3.63) is 64.8 Å². The molecule has 0 saturated carbocycles. The van der Waals surface area contributed by atoms with Crippen molar-refractivity contribution in [2.24, 2.45) is 0 Å². The average molecular weight is 388 g/mol. The molecule has 2 aromatic heterocycles. The molecule has 2 heterocycles. The SMILES string of the molecule is CC(NC(=O)/C=C/c1ccco1)c1nnnn1-c1ccc(Br)cc1. The lowest BCUT2D eigenvalue weighted by molar-refractivity contribution is -0.117. The van der Waals surface area contributed by atoms with Crippen LogP contribution in [0.25, 0.3) is 11.8 Å². The first-order valence-electron chi connectivity index (χ1n) is 7.20. The zero-order valence-electron chi connectivity index (χ0n) is 12.8. The van der Waals surface area contributed by atoms with E-state index in [1.54, 1.807) is 29.2 Å². The summed E-state index contributed by atoms with van der Waals surface area (Å²) in [7, 11) is 0. The van der Waals surface area contributed by atoms with Crippen molar-refractivity contribution in [1.82, 2.24) is 25.5 Å². The van der Waals surface area contributed by atoms with Crippen LogP contribution < -0.4 is 5.32 Å². The van der Waals surface area contributed by atoms with E-state index in [2.05, 4.69) is 36.8 Å². The summed E-state index contributed by atoms with van der Waals surface area (Å²) in [6.45, 7) is 1.82. The minimum absolute atomic E-state index is 0.260. The first kappa shape index (κ1) is 16.1. The van der Waals surface area contributed by atoms with Gasteiger partial charge in [-0.25, -0.2) is 0 Å². The van der Waals surface area contributed by atoms with Gasteiger partial charge in [-0.05, 0) is 59.8 Å². The van der Waals surface area contributed by atoms with E-state index in [9.17, 15) is 4.79 Å². The number of halogens is 1. The maximum absolute atomic E-state index is 12.0. The van der Waals surface area contributed by atoms with Crippen molar-refractivity contribution >= 4 is 27.9 Å². The highest BCUT2D eigenvalue weighted by atomic mass is 79.9. The number of nitrogens with one attached hydrogen (secondary N) is 1. The largest absolute Gasteiger partial charge is 0.465 e. The molecule has 0 radical (unpaired) electrons. The molecule has 3 rings (SSSR count). The van der Waals surface area contributed by atoms with Crippen LogP contribution in [0, 0.1) is 0 Å². The first-order chi connectivity index (χ1) is 11.6. The van der Waals surface area contributed by atoms with Crippen LogP contribution in [0.2, 0.25) is 0 Å². The standard InChI is InChI=1S/C16H14BrN5O2/c1-11(18-15(23)9-8-14-3-2-10-24-14)16-19-20-21-22(16)13-6-4-12(17)5-7-13/h2-11H,1H3,(H,18,23)/b9-8+. The van der Waals surface area contributed by atoms with Gasteiger partial charge in [-0.1, -0.05) is 15.9 Å². The van der Waals surface area contributed by atoms with Crippen LogP contribution in [0.4, 0.5) is 0 Å². The molecule has 0 spiro atoms. The summed E-state index contributed by atoms with van der Waals surface area (Å²) in [5.74, 6) is 0.888. The molecule has 0 fully saturated rings. The third-order valence-corrected chi connectivity index (χ3v) is 3.78. The number of furan rings is 1. The maximum atomic E-state index is 12.0. The van der Waals surface area contributed by atoms with E-state index >= 15 is 0 Å². The van der Waals surface area contributed by atoms with Crippen molar-refractivity contribution in [3.8, 4) is 5.69 Å². The fourth-order valence-electron chi connectivity index (χ4n) is 2.10. The van der Waals surface area contributed by atoms with Crippen molar-refractivity contribution in [2.45, 2.75) is 13.0 Å². The van der Waals surface area contributed by atoms with Crippen molar-refractivity contribution in [3.63, 3.8) is 0 Å². The summed E-state index contributed by atoms with van der Waals surface area (Å²) >= 11 is 3.39. The highest BCUT2D eigenvalue weighted by molar-refractivity contribution is 9.10. The van der Waals surface area contributed by atoms with Gasteiger partial charge in [0.25, 0.3) is 0 Å². The lowest BCUT2D eigenvalue weighted by Gasteiger charge is -2.12. The van der Waals surface area contributed by atoms with Crippen LogP contribution in [0.15, 0.2) is 57.6 Å². The Morgan fingerprint density at radius 2 is 2.12 bits per heavy atom. The Kier molecular flexibility index (Phi) is 4.85. The minimum atomic E-state index is -0.364. The van der Waals surface area contributed by atoms with Gasteiger partial charge in [0.1, 0.15) is 5.76 Å². The lowest BCUT2D eigenvalue weighted by Crippen LogP contribution is -2.27. The molecular weight excluding hydrogens is 374 g/mol. The summed E-state index contributed by atoms with van der Waals surface area (Å²) in [4.78, 5) is 12.0. The number of carbonyl (C=O) groups is 1. The van der Waals surface area contributed by atoms with Crippen LogP contribution in [0.3, 0.4) is 0 Å². The molecule has 7 nitrogen and oxygen atoms in total. The van der Waals surface area contributed by atoms with Gasteiger partial charge in [0.15, 0.2) is 5.82 Å². The number of carbonyl (C=O) groups excluding carboxylic acids is 1. The average Bonchev–Trinajstić information content (AvgIpc) is 3.25. The van der Waals surface area contributed by atoms with Crippen LogP contribution in [0.1, 0.15) is 24.6 Å². The van der Waals surface area contributed by atoms with Gasteiger partial charge in [0, 0.05) is 10.5 Å². The fraction of sp³-hybridized carbons (Fsp3) is 0.125. The lowest BCUT2D eigenvalue weighted by atomic mass is 10.2. The zero-order valence-corrected chi connectivity index (χ0v) is 14.3. The molecule has 0 bridgehead atoms. The first-order valence-corrected chi connectivity index (χ1v) is 7.99. The highest BCUT2D eigenvalue weighted by Gasteiger charge is 2.17. The Bertz CT molecular complexity index is 840. The molecule has 122 valence electrons. The highest BCUT2D eigenvalue weighted by Crippen LogP contribution is 2.17. The summed E-state index contributed by atoms with van der Waals surface area (Å²) in [5.41, 5.74) is 0.811. The summed E-state index contributed by atoms with van der Waals surface area (Å²) in [5, 5.41) is 14.5. The summed E-state index contributed by atoms with van der Waals surface area (Å²) in [6.07, 6.45) is 4.55. The number of hydrogen-bond acceptors (Lipinski definition) is 5. The molecule has 24 heavy (non-hydrogen) atoms. The monoisotopic (exact) mass is 387 g/mol. The van der Waals surface area contributed by atoms with E-state index in [0.29, 0.717) is 11.6 Å². The van der Waals surface area contributed by atoms with Gasteiger partial charge >= 0.3 is 0 Å². The van der Waals surface area contributed by atoms with Crippen LogP contribution >= 0.6 is 15.9 Å². The molecular formula is C16H14BrN5O2. The Morgan fingerprint density at radius 3 is 2.83 bits per heavy atom. The van der Waals surface area contributed by atoms with E-state index in [0.717, 1.165) is 10.2 Å². The van der Waals surface area contributed by atoms with Crippen LogP contribution in [0.5, 0.6) is 0 Å². The van der Waals surface area contributed by atoms with Crippen LogP contribution in [-0.2, 0) is 4.79 Å². The Morgan fingerprint density at radius 1 is 1.33 bits per heavy atom. The van der Waals surface area contributed by atoms with Gasteiger partial charge in [0.05, 0.1) is 18.0 Å². The molecule has 1 N–H and O–H groups in total. The van der Waals surface area contributed by atoms with E-state index in [1.807, 2.05) is 31.2 Å². The van der Waals surface area contributed by atoms with Crippen molar-refractivity contribution in [2.75, 3.05) is 0 Å². The van der Waals surface area contributed by atoms with E-state index < -0.39 is 0 Å². The molecule has 0 aliphatic carbocycles. The number of aromatic nitrogens is 4. The third-order valence-electron chi connectivity index (χ3n) is 3.25. The topological polar surface area (TPSA) is 85.8 Å². The Hall–Kier alpha value is -2.74. The zero-order chi connectivity index (χ0) is 16.9. The van der Waals surface area contributed by atoms with Crippen LogP contribution in [-0.4, -0.2) is 26.1 Å². The molecule has 1 atom stereocenters. The summed E-state index contributed by atoms with van der Waals surface area (Å²) < 4.78 is 7.69. The number of amides is 1. The molecule has 1 unspecified atom stereocenters. The van der Waals surface area contributed by atoms with Gasteiger partial charge in [-0.2, -0.15) is 4.68 Å². The molecule has 0 aliphatic rings. The molecule has 0 saturated heterocycles. The smallest absolute Gasteiger partial charge is 0.244 e. The van der Waals surface area contributed by atoms with Gasteiger partial charge in [0.2, 0.25) is 5.91 Å². The Labute approximate surface area is 146 Å². The van der Waals surface area contributed by atoms with Gasteiger partial charge in [-0.15, -0.1) is 5.10 Å². The maximum Gasteiger partial charge on any atom is 0.244 e. The normalized spacial score (nSPS) is 12.4. The predicted octanol–water partition coefficient (Wildman–Crippen LogP) is 2.91. The number of benzene rings is 1. The van der Waals surface area contributed by atoms with Crippen molar-refractivity contribution < 1.29 is 9.21 Å². The molecule has 1 amide bonds. The number of tetrazole rings is 1. The second-order valence-electron chi connectivity index (χ2n) is 5.00.